The van der Waals surface area contributed by atoms with Crippen molar-refractivity contribution in [3.8, 4) is 11.1 Å². The Labute approximate surface area is 183 Å². The molecule has 10 heteroatoms. The number of hydrogen-bond donors (Lipinski definition) is 2. The molecule has 32 heavy (non-hydrogen) atoms. The van der Waals surface area contributed by atoms with Crippen molar-refractivity contribution >= 4 is 11.5 Å². The van der Waals surface area contributed by atoms with Gasteiger partial charge in [0.1, 0.15) is 6.04 Å². The lowest BCUT2D eigenvalue weighted by Gasteiger charge is -2.25. The van der Waals surface area contributed by atoms with Crippen LogP contribution in [0.4, 0.5) is 19.1 Å². The Morgan fingerprint density at radius 3 is 2.53 bits per heavy atom. The van der Waals surface area contributed by atoms with Crippen molar-refractivity contribution in [1.29, 1.82) is 0 Å². The molecule has 2 saturated carbocycles. The molecule has 3 aromatic heterocycles. The lowest BCUT2D eigenvalue weighted by molar-refractivity contribution is -0.138. The Bertz CT molecular complexity index is 1090. The molecule has 1 atom stereocenters. The van der Waals surface area contributed by atoms with Crippen LogP contribution in [0.1, 0.15) is 69.5 Å². The molecule has 0 saturated heterocycles. The largest absolute Gasteiger partial charge is 0.408 e. The normalized spacial score (nSPS) is 23.3. The van der Waals surface area contributed by atoms with Gasteiger partial charge in [0, 0.05) is 28.9 Å². The SMILES string of the molecule is C[C@H](Nc1ncc2c(-c3cnn(C4CCC4)c3)cc(C3CCC(O)CC3)n2n1)C(F)(F)F. The van der Waals surface area contributed by atoms with E-state index >= 15 is 0 Å². The third kappa shape index (κ3) is 3.96. The zero-order chi connectivity index (χ0) is 22.5. The Balaban J connectivity index is 1.54. The summed E-state index contributed by atoms with van der Waals surface area (Å²) in [6.45, 7) is 1.05. The molecule has 2 fully saturated rings. The zero-order valence-electron chi connectivity index (χ0n) is 17.9. The van der Waals surface area contributed by atoms with Gasteiger partial charge in [-0.1, -0.05) is 0 Å². The van der Waals surface area contributed by atoms with E-state index < -0.39 is 12.2 Å². The maximum absolute atomic E-state index is 13.0. The van der Waals surface area contributed by atoms with E-state index in [1.54, 1.807) is 10.7 Å². The fourth-order valence-corrected chi connectivity index (χ4v) is 4.58. The highest BCUT2D eigenvalue weighted by atomic mass is 19.4. The molecule has 7 nitrogen and oxygen atoms in total. The Hall–Kier alpha value is -2.62. The standard InChI is InChI=1S/C22H27F3N6O/c1-13(22(23,24)25)28-21-26-11-20-18(15-10-27-30(12-15)16-3-2-4-16)9-19(31(20)29-21)14-5-7-17(32)8-6-14/h9-14,16-17,32H,2-8H2,1H3,(H,28,29)/t13-,14?,17?/m0/s1. The number of rotatable bonds is 5. The number of hydrogen-bond acceptors (Lipinski definition) is 5. The molecule has 2 aliphatic rings. The number of nitrogens with zero attached hydrogens (tertiary/aromatic N) is 5. The molecule has 172 valence electrons. The Kier molecular flexibility index (Phi) is 5.35. The van der Waals surface area contributed by atoms with E-state index in [1.165, 1.54) is 6.42 Å². The monoisotopic (exact) mass is 448 g/mol. The second-order valence-electron chi connectivity index (χ2n) is 9.07. The van der Waals surface area contributed by atoms with Crippen LogP contribution in [0.3, 0.4) is 0 Å². The third-order valence-corrected chi connectivity index (χ3v) is 6.86. The summed E-state index contributed by atoms with van der Waals surface area (Å²) in [5, 5.41) is 21.3. The lowest BCUT2D eigenvalue weighted by atomic mass is 9.85. The van der Waals surface area contributed by atoms with Crippen LogP contribution in [-0.4, -0.2) is 47.8 Å². The van der Waals surface area contributed by atoms with Crippen molar-refractivity contribution in [1.82, 2.24) is 24.4 Å². The van der Waals surface area contributed by atoms with Gasteiger partial charge in [-0.15, -0.1) is 5.10 Å². The molecule has 5 rings (SSSR count). The minimum Gasteiger partial charge on any atom is -0.393 e. The van der Waals surface area contributed by atoms with E-state index in [4.69, 9.17) is 0 Å². The summed E-state index contributed by atoms with van der Waals surface area (Å²) in [4.78, 5) is 4.18. The average molecular weight is 448 g/mol. The first-order valence-electron chi connectivity index (χ1n) is 11.2. The first-order valence-corrected chi connectivity index (χ1v) is 11.2. The number of aromatic nitrogens is 5. The van der Waals surface area contributed by atoms with E-state index in [2.05, 4.69) is 26.6 Å². The van der Waals surface area contributed by atoms with E-state index in [9.17, 15) is 18.3 Å². The van der Waals surface area contributed by atoms with Gasteiger partial charge < -0.3 is 10.4 Å². The van der Waals surface area contributed by atoms with Crippen LogP contribution in [0, 0.1) is 0 Å². The number of fused-ring (bicyclic) bond motifs is 1. The number of aliphatic hydroxyl groups excluding tert-OH is 1. The molecular weight excluding hydrogens is 421 g/mol. The highest BCUT2D eigenvalue weighted by molar-refractivity contribution is 5.81. The van der Waals surface area contributed by atoms with Gasteiger partial charge >= 0.3 is 6.18 Å². The highest BCUT2D eigenvalue weighted by Crippen LogP contribution is 2.38. The summed E-state index contributed by atoms with van der Waals surface area (Å²) in [7, 11) is 0. The summed E-state index contributed by atoms with van der Waals surface area (Å²) < 4.78 is 42.8. The van der Waals surface area contributed by atoms with Gasteiger partial charge in [-0.3, -0.25) is 4.68 Å². The van der Waals surface area contributed by atoms with E-state index in [0.717, 1.165) is 54.9 Å². The summed E-state index contributed by atoms with van der Waals surface area (Å²) in [6, 6.07) is 0.739. The number of nitrogens with one attached hydrogen (secondary N) is 1. The van der Waals surface area contributed by atoms with E-state index in [-0.39, 0.29) is 18.0 Å². The molecule has 0 aromatic carbocycles. The van der Waals surface area contributed by atoms with Crippen molar-refractivity contribution in [2.45, 2.75) is 82.2 Å². The maximum atomic E-state index is 13.0. The van der Waals surface area contributed by atoms with Crippen LogP contribution < -0.4 is 5.32 Å². The molecule has 0 aliphatic heterocycles. The fourth-order valence-electron chi connectivity index (χ4n) is 4.58. The minimum absolute atomic E-state index is 0.0632. The van der Waals surface area contributed by atoms with Gasteiger partial charge in [-0.05, 0) is 57.9 Å². The van der Waals surface area contributed by atoms with Crippen molar-refractivity contribution in [2.24, 2.45) is 0 Å². The quantitative estimate of drug-likeness (QED) is 0.592. The average Bonchev–Trinajstić information content (AvgIpc) is 3.31. The summed E-state index contributed by atoms with van der Waals surface area (Å²) in [5.74, 6) is 0.107. The van der Waals surface area contributed by atoms with Gasteiger partial charge in [0.15, 0.2) is 0 Å². The summed E-state index contributed by atoms with van der Waals surface area (Å²) >= 11 is 0. The number of aliphatic hydroxyl groups is 1. The highest BCUT2D eigenvalue weighted by Gasteiger charge is 2.36. The first kappa shape index (κ1) is 21.2. The summed E-state index contributed by atoms with van der Waals surface area (Å²) in [6.07, 6.45) is 7.25. The molecule has 3 aromatic rings. The van der Waals surface area contributed by atoms with Gasteiger partial charge in [0.2, 0.25) is 5.95 Å². The molecule has 2 N–H and O–H groups in total. The molecule has 2 aliphatic carbocycles. The molecule has 0 amide bonds. The molecular formula is C22H27F3N6O. The molecule has 0 spiro atoms. The Morgan fingerprint density at radius 1 is 1.12 bits per heavy atom. The van der Waals surface area contributed by atoms with Crippen LogP contribution in [0.5, 0.6) is 0 Å². The van der Waals surface area contributed by atoms with E-state index in [0.29, 0.717) is 18.9 Å². The van der Waals surface area contributed by atoms with Crippen LogP contribution in [0.15, 0.2) is 24.7 Å². The predicted octanol–water partition coefficient (Wildman–Crippen LogP) is 4.70. The molecule has 3 heterocycles. The minimum atomic E-state index is -4.39. The smallest absolute Gasteiger partial charge is 0.393 e. The molecule has 0 bridgehead atoms. The van der Waals surface area contributed by atoms with Crippen molar-refractivity contribution in [3.63, 3.8) is 0 Å². The number of anilines is 1. The second kappa shape index (κ2) is 8.06. The molecule has 0 radical (unpaired) electrons. The van der Waals surface area contributed by atoms with Crippen LogP contribution >= 0.6 is 0 Å². The van der Waals surface area contributed by atoms with Crippen LogP contribution in [0.25, 0.3) is 16.6 Å². The van der Waals surface area contributed by atoms with Gasteiger partial charge in [0.05, 0.1) is 30.1 Å². The van der Waals surface area contributed by atoms with Gasteiger partial charge in [-0.2, -0.15) is 18.3 Å². The van der Waals surface area contributed by atoms with Gasteiger partial charge in [0.25, 0.3) is 0 Å². The predicted molar refractivity (Wildman–Crippen MR) is 113 cm³/mol. The second-order valence-corrected chi connectivity index (χ2v) is 9.07. The van der Waals surface area contributed by atoms with E-state index in [1.807, 2.05) is 17.1 Å². The Morgan fingerprint density at radius 2 is 1.88 bits per heavy atom. The zero-order valence-corrected chi connectivity index (χ0v) is 17.9. The number of halogens is 3. The summed E-state index contributed by atoms with van der Waals surface area (Å²) in [5.41, 5.74) is 3.55. The topological polar surface area (TPSA) is 80.3 Å². The first-order chi connectivity index (χ1) is 15.3. The van der Waals surface area contributed by atoms with Gasteiger partial charge in [-0.25, -0.2) is 9.50 Å². The maximum Gasteiger partial charge on any atom is 0.408 e. The van der Waals surface area contributed by atoms with Crippen molar-refractivity contribution < 1.29 is 18.3 Å². The van der Waals surface area contributed by atoms with Crippen LogP contribution in [0.2, 0.25) is 0 Å². The fraction of sp³-hybridized carbons (Fsp3) is 0.591. The number of alkyl halides is 3. The lowest BCUT2D eigenvalue weighted by Crippen LogP contribution is -2.34. The van der Waals surface area contributed by atoms with Crippen LogP contribution in [-0.2, 0) is 0 Å². The van der Waals surface area contributed by atoms with Crippen molar-refractivity contribution in [2.75, 3.05) is 5.32 Å². The third-order valence-electron chi connectivity index (χ3n) is 6.86. The molecule has 0 unspecified atom stereocenters. The van der Waals surface area contributed by atoms with Crippen molar-refractivity contribution in [3.05, 3.63) is 30.4 Å².